The number of aromatic hydroxyl groups is 1. The van der Waals surface area contributed by atoms with Crippen molar-refractivity contribution in [2.45, 2.75) is 52.4 Å². The van der Waals surface area contributed by atoms with E-state index < -0.39 is 0 Å². The highest BCUT2D eigenvalue weighted by Gasteiger charge is 2.20. The molecule has 0 saturated heterocycles. The molecule has 122 valence electrons. The molecule has 2 aromatic rings. The van der Waals surface area contributed by atoms with Crippen LogP contribution in [-0.4, -0.2) is 11.3 Å². The number of para-hydroxylation sites is 1. The normalized spacial score (nSPS) is 12.8. The van der Waals surface area contributed by atoms with E-state index in [4.69, 9.17) is 0 Å². The standard InChI is InChI=1S/C21H27NO/c1-20(2,3)16-11-17(21(4,5)6)13-18(12-16)22-14-15-9-7-8-10-19(15)23/h7-14,23H,1-6H3/b22-14+. The molecule has 0 aliphatic heterocycles. The number of rotatable bonds is 2. The number of benzene rings is 2. The van der Waals surface area contributed by atoms with Gasteiger partial charge in [0.25, 0.3) is 0 Å². The molecule has 2 nitrogen and oxygen atoms in total. The van der Waals surface area contributed by atoms with Crippen LogP contribution in [0.5, 0.6) is 5.75 Å². The van der Waals surface area contributed by atoms with Crippen LogP contribution in [0.2, 0.25) is 0 Å². The van der Waals surface area contributed by atoms with Crippen molar-refractivity contribution in [3.05, 3.63) is 59.2 Å². The first kappa shape index (κ1) is 17.3. The van der Waals surface area contributed by atoms with Gasteiger partial charge in [-0.25, -0.2) is 0 Å². The van der Waals surface area contributed by atoms with Crippen LogP contribution >= 0.6 is 0 Å². The Balaban J connectivity index is 2.48. The van der Waals surface area contributed by atoms with E-state index in [0.717, 1.165) is 11.3 Å². The molecule has 2 rings (SSSR count). The summed E-state index contributed by atoms with van der Waals surface area (Å²) in [6, 6.07) is 13.8. The molecular formula is C21H27NO. The number of phenolic OH excluding ortho intramolecular Hbond substituents is 1. The van der Waals surface area contributed by atoms with E-state index in [9.17, 15) is 5.11 Å². The Morgan fingerprint density at radius 2 is 1.35 bits per heavy atom. The van der Waals surface area contributed by atoms with Gasteiger partial charge in [-0.05, 0) is 46.2 Å². The van der Waals surface area contributed by atoms with Gasteiger partial charge in [-0.15, -0.1) is 0 Å². The first-order valence-corrected chi connectivity index (χ1v) is 8.05. The summed E-state index contributed by atoms with van der Waals surface area (Å²) in [5, 5.41) is 9.86. The van der Waals surface area contributed by atoms with Gasteiger partial charge in [0.15, 0.2) is 0 Å². The van der Waals surface area contributed by atoms with Crippen molar-refractivity contribution in [2.75, 3.05) is 0 Å². The highest BCUT2D eigenvalue weighted by Crippen LogP contribution is 2.33. The Hall–Kier alpha value is -2.09. The lowest BCUT2D eigenvalue weighted by Crippen LogP contribution is -2.16. The Kier molecular flexibility index (Phi) is 4.65. The van der Waals surface area contributed by atoms with Crippen LogP contribution in [0, 0.1) is 0 Å². The van der Waals surface area contributed by atoms with Gasteiger partial charge in [0.05, 0.1) is 5.69 Å². The Labute approximate surface area is 139 Å². The van der Waals surface area contributed by atoms with E-state index in [2.05, 4.69) is 64.7 Å². The van der Waals surface area contributed by atoms with Crippen molar-refractivity contribution >= 4 is 11.9 Å². The molecular weight excluding hydrogens is 282 g/mol. The van der Waals surface area contributed by atoms with Crippen molar-refractivity contribution in [1.82, 2.24) is 0 Å². The summed E-state index contributed by atoms with van der Waals surface area (Å²) in [4.78, 5) is 4.60. The van der Waals surface area contributed by atoms with Crippen LogP contribution in [0.4, 0.5) is 5.69 Å². The summed E-state index contributed by atoms with van der Waals surface area (Å²) >= 11 is 0. The largest absolute Gasteiger partial charge is 0.507 e. The fourth-order valence-corrected chi connectivity index (χ4v) is 2.29. The maximum atomic E-state index is 9.86. The molecule has 0 aliphatic carbocycles. The molecule has 0 aromatic heterocycles. The quantitative estimate of drug-likeness (QED) is 0.705. The van der Waals surface area contributed by atoms with Crippen molar-refractivity contribution in [1.29, 1.82) is 0 Å². The van der Waals surface area contributed by atoms with Crippen molar-refractivity contribution in [3.8, 4) is 5.75 Å². The second kappa shape index (κ2) is 6.19. The summed E-state index contributed by atoms with van der Waals surface area (Å²) in [6.45, 7) is 13.3. The number of hydrogen-bond donors (Lipinski definition) is 1. The summed E-state index contributed by atoms with van der Waals surface area (Å²) in [5.74, 6) is 0.249. The number of aliphatic imine (C=N–C) groups is 1. The van der Waals surface area contributed by atoms with Gasteiger partial charge < -0.3 is 5.11 Å². The zero-order chi connectivity index (χ0) is 17.3. The molecule has 0 spiro atoms. The minimum absolute atomic E-state index is 0.0699. The molecule has 2 heteroatoms. The summed E-state index contributed by atoms with van der Waals surface area (Å²) in [6.07, 6.45) is 1.73. The highest BCUT2D eigenvalue weighted by molar-refractivity contribution is 5.85. The fraction of sp³-hybridized carbons (Fsp3) is 0.381. The zero-order valence-corrected chi connectivity index (χ0v) is 15.0. The number of hydrogen-bond acceptors (Lipinski definition) is 2. The molecule has 0 unspecified atom stereocenters. The Morgan fingerprint density at radius 3 is 1.83 bits per heavy atom. The molecule has 0 saturated carbocycles. The van der Waals surface area contributed by atoms with Gasteiger partial charge in [0.2, 0.25) is 0 Å². The van der Waals surface area contributed by atoms with Gasteiger partial charge in [-0.3, -0.25) is 4.99 Å². The lowest BCUT2D eigenvalue weighted by Gasteiger charge is -2.25. The van der Waals surface area contributed by atoms with E-state index in [0.29, 0.717) is 0 Å². The van der Waals surface area contributed by atoms with Gasteiger partial charge in [0, 0.05) is 11.8 Å². The van der Waals surface area contributed by atoms with Crippen LogP contribution in [0.1, 0.15) is 58.2 Å². The first-order valence-electron chi connectivity index (χ1n) is 8.05. The second-order valence-electron chi connectivity index (χ2n) is 8.09. The smallest absolute Gasteiger partial charge is 0.124 e. The minimum atomic E-state index is 0.0699. The van der Waals surface area contributed by atoms with Gasteiger partial charge in [-0.1, -0.05) is 59.7 Å². The fourth-order valence-electron chi connectivity index (χ4n) is 2.29. The Bertz CT molecular complexity index is 683. The van der Waals surface area contributed by atoms with Crippen LogP contribution in [0.3, 0.4) is 0 Å². The highest BCUT2D eigenvalue weighted by atomic mass is 16.3. The van der Waals surface area contributed by atoms with Crippen molar-refractivity contribution in [3.63, 3.8) is 0 Å². The predicted octanol–water partition coefficient (Wildman–Crippen LogP) is 5.74. The SMILES string of the molecule is CC(C)(C)c1cc(/N=C/c2ccccc2O)cc(C(C)(C)C)c1. The van der Waals surface area contributed by atoms with Crippen molar-refractivity contribution < 1.29 is 5.11 Å². The van der Waals surface area contributed by atoms with E-state index in [1.165, 1.54) is 11.1 Å². The molecule has 0 bridgehead atoms. The lowest BCUT2D eigenvalue weighted by atomic mass is 9.80. The van der Waals surface area contributed by atoms with Crippen molar-refractivity contribution in [2.24, 2.45) is 4.99 Å². The van der Waals surface area contributed by atoms with Crippen LogP contribution in [0.15, 0.2) is 47.5 Å². The molecule has 0 radical (unpaired) electrons. The average molecular weight is 309 g/mol. The van der Waals surface area contributed by atoms with E-state index >= 15 is 0 Å². The minimum Gasteiger partial charge on any atom is -0.507 e. The second-order valence-corrected chi connectivity index (χ2v) is 8.09. The van der Waals surface area contributed by atoms with E-state index in [-0.39, 0.29) is 16.6 Å². The summed E-state index contributed by atoms with van der Waals surface area (Å²) in [5.41, 5.74) is 4.33. The molecule has 23 heavy (non-hydrogen) atoms. The zero-order valence-electron chi connectivity index (χ0n) is 15.0. The molecule has 2 aromatic carbocycles. The molecule has 0 aliphatic rings. The van der Waals surface area contributed by atoms with E-state index in [1.807, 2.05) is 18.2 Å². The van der Waals surface area contributed by atoms with Crippen LogP contribution < -0.4 is 0 Å². The Morgan fingerprint density at radius 1 is 0.826 bits per heavy atom. The molecule has 0 atom stereocenters. The third-order valence-electron chi connectivity index (χ3n) is 3.94. The average Bonchev–Trinajstić information content (AvgIpc) is 2.44. The molecule has 0 amide bonds. The predicted molar refractivity (Wildman–Crippen MR) is 99.2 cm³/mol. The molecule has 0 fully saturated rings. The van der Waals surface area contributed by atoms with Gasteiger partial charge >= 0.3 is 0 Å². The van der Waals surface area contributed by atoms with Crippen LogP contribution in [0.25, 0.3) is 0 Å². The van der Waals surface area contributed by atoms with E-state index in [1.54, 1.807) is 12.3 Å². The lowest BCUT2D eigenvalue weighted by molar-refractivity contribution is 0.474. The first-order chi connectivity index (χ1) is 10.6. The number of phenols is 1. The molecule has 0 heterocycles. The summed E-state index contributed by atoms with van der Waals surface area (Å²) < 4.78 is 0. The molecule has 1 N–H and O–H groups in total. The van der Waals surface area contributed by atoms with Gasteiger partial charge in [0.1, 0.15) is 5.75 Å². The topological polar surface area (TPSA) is 32.6 Å². The van der Waals surface area contributed by atoms with Crippen LogP contribution in [-0.2, 0) is 10.8 Å². The third kappa shape index (κ3) is 4.44. The maximum absolute atomic E-state index is 9.86. The monoisotopic (exact) mass is 309 g/mol. The number of nitrogens with zero attached hydrogens (tertiary/aromatic N) is 1. The third-order valence-corrected chi connectivity index (χ3v) is 3.94. The summed E-state index contributed by atoms with van der Waals surface area (Å²) in [7, 11) is 0. The van der Waals surface area contributed by atoms with Gasteiger partial charge in [-0.2, -0.15) is 0 Å². The maximum Gasteiger partial charge on any atom is 0.124 e.